The predicted octanol–water partition coefficient (Wildman–Crippen LogP) is 3.03. The lowest BCUT2D eigenvalue weighted by molar-refractivity contribution is 0.100. The topological polar surface area (TPSA) is 45.1 Å². The van der Waals surface area contributed by atoms with Crippen molar-refractivity contribution < 1.29 is 9.53 Å². The molecule has 0 N–H and O–H groups in total. The highest BCUT2D eigenvalue weighted by Crippen LogP contribution is 2.23. The van der Waals surface area contributed by atoms with Crippen LogP contribution in [0.2, 0.25) is 0 Å². The van der Waals surface area contributed by atoms with E-state index in [1.165, 1.54) is 0 Å². The number of nitrogens with zero attached hydrogens (tertiary/aromatic N) is 3. The van der Waals surface area contributed by atoms with Gasteiger partial charge < -0.3 is 4.74 Å². The van der Waals surface area contributed by atoms with Crippen molar-refractivity contribution >= 4 is 17.3 Å². The van der Waals surface area contributed by atoms with Crippen LogP contribution in [0.3, 0.4) is 0 Å². The van der Waals surface area contributed by atoms with Crippen LogP contribution in [0, 0.1) is 0 Å². The summed E-state index contributed by atoms with van der Waals surface area (Å²) in [6.45, 7) is 2.67. The molecular weight excluding hydrogens is 302 g/mol. The molecule has 124 valence electrons. The lowest BCUT2D eigenvalue weighted by Crippen LogP contribution is -2.36. The molecule has 1 unspecified atom stereocenters. The van der Waals surface area contributed by atoms with Gasteiger partial charge in [0.1, 0.15) is 5.75 Å². The van der Waals surface area contributed by atoms with Crippen LogP contribution in [0.4, 0.5) is 5.69 Å². The molecule has 3 rings (SSSR count). The van der Waals surface area contributed by atoms with E-state index in [-0.39, 0.29) is 11.9 Å². The van der Waals surface area contributed by atoms with Crippen LogP contribution >= 0.6 is 0 Å². The van der Waals surface area contributed by atoms with Crippen LogP contribution in [-0.2, 0) is 0 Å². The third kappa shape index (κ3) is 3.16. The van der Waals surface area contributed by atoms with E-state index in [0.29, 0.717) is 12.1 Å². The second-order valence-electron chi connectivity index (χ2n) is 5.78. The second-order valence-corrected chi connectivity index (χ2v) is 5.78. The number of ether oxygens (including phenoxy) is 1. The highest BCUT2D eigenvalue weighted by molar-refractivity contribution is 6.07. The molecule has 1 saturated heterocycles. The van der Waals surface area contributed by atoms with E-state index in [1.54, 1.807) is 31.4 Å². The molecule has 0 aromatic heterocycles. The van der Waals surface area contributed by atoms with Crippen LogP contribution in [-0.4, -0.2) is 43.4 Å². The minimum atomic E-state index is -0.220. The fourth-order valence-corrected chi connectivity index (χ4v) is 2.75. The number of methoxy groups -OCH3 is 1. The second kappa shape index (κ2) is 6.84. The third-order valence-electron chi connectivity index (χ3n) is 4.37. The van der Waals surface area contributed by atoms with E-state index in [0.717, 1.165) is 17.1 Å². The first kappa shape index (κ1) is 16.2. The summed E-state index contributed by atoms with van der Waals surface area (Å²) in [6.07, 6.45) is 0. The number of hydrogen-bond donors (Lipinski definition) is 0. The van der Waals surface area contributed by atoms with Crippen LogP contribution in [0.15, 0.2) is 59.6 Å². The van der Waals surface area contributed by atoms with Gasteiger partial charge in [0.05, 0.1) is 31.1 Å². The summed E-state index contributed by atoms with van der Waals surface area (Å²) in [5.41, 5.74) is 2.52. The van der Waals surface area contributed by atoms with Gasteiger partial charge in [0, 0.05) is 12.6 Å². The quantitative estimate of drug-likeness (QED) is 0.871. The Bertz CT molecular complexity index is 741. The molecule has 1 amide bonds. The Kier molecular flexibility index (Phi) is 4.62. The number of anilines is 1. The molecule has 0 bridgehead atoms. The van der Waals surface area contributed by atoms with Crippen molar-refractivity contribution in [3.8, 4) is 5.75 Å². The maximum absolute atomic E-state index is 12.4. The molecule has 0 spiro atoms. The Hall–Kier alpha value is -2.66. The van der Waals surface area contributed by atoms with Gasteiger partial charge in [0.2, 0.25) is 0 Å². The minimum absolute atomic E-state index is 0.0763. The summed E-state index contributed by atoms with van der Waals surface area (Å²) >= 11 is 0. The Morgan fingerprint density at radius 1 is 1.12 bits per heavy atom. The van der Waals surface area contributed by atoms with E-state index in [1.807, 2.05) is 25.2 Å². The van der Waals surface area contributed by atoms with E-state index < -0.39 is 0 Å². The monoisotopic (exact) mass is 323 g/mol. The third-order valence-corrected chi connectivity index (χ3v) is 4.37. The van der Waals surface area contributed by atoms with Gasteiger partial charge in [-0.15, -0.1) is 0 Å². The summed E-state index contributed by atoms with van der Waals surface area (Å²) in [5, 5.41) is 4.24. The predicted molar refractivity (Wildman–Crippen MR) is 95.8 cm³/mol. The van der Waals surface area contributed by atoms with E-state index in [9.17, 15) is 4.79 Å². The molecule has 2 aromatic rings. The van der Waals surface area contributed by atoms with Crippen molar-refractivity contribution in [3.05, 3.63) is 60.2 Å². The molecule has 1 atom stereocenters. The number of hydrazine groups is 1. The molecule has 1 fully saturated rings. The number of carbonyl (C=O) groups is 1. The largest absolute Gasteiger partial charge is 0.497 e. The van der Waals surface area contributed by atoms with E-state index in [2.05, 4.69) is 34.1 Å². The summed E-state index contributed by atoms with van der Waals surface area (Å²) in [4.78, 5) is 16.8. The number of hydrogen-bond acceptors (Lipinski definition) is 4. The maximum Gasteiger partial charge on any atom is 0.277 e. The fraction of sp³-hybridized carbons (Fsp3) is 0.263. The van der Waals surface area contributed by atoms with Gasteiger partial charge in [0.15, 0.2) is 0 Å². The van der Waals surface area contributed by atoms with Crippen LogP contribution in [0.25, 0.3) is 0 Å². The first-order valence-corrected chi connectivity index (χ1v) is 7.91. The van der Waals surface area contributed by atoms with Gasteiger partial charge in [-0.05, 0) is 43.3 Å². The van der Waals surface area contributed by atoms with Crippen LogP contribution in [0.5, 0.6) is 5.75 Å². The van der Waals surface area contributed by atoms with Crippen molar-refractivity contribution in [2.24, 2.45) is 4.99 Å². The van der Waals surface area contributed by atoms with Gasteiger partial charge >= 0.3 is 0 Å². The smallest absolute Gasteiger partial charge is 0.277 e. The van der Waals surface area contributed by atoms with Crippen LogP contribution in [0.1, 0.15) is 17.3 Å². The number of rotatable bonds is 3. The molecule has 1 heterocycles. The Morgan fingerprint density at radius 3 is 2.42 bits per heavy atom. The van der Waals surface area contributed by atoms with Crippen molar-refractivity contribution in [3.63, 3.8) is 0 Å². The van der Waals surface area contributed by atoms with Crippen molar-refractivity contribution in [1.82, 2.24) is 5.01 Å². The molecule has 24 heavy (non-hydrogen) atoms. The zero-order chi connectivity index (χ0) is 17.1. The average Bonchev–Trinajstić information content (AvgIpc) is 2.91. The molecule has 2 aromatic carbocycles. The standard InChI is InChI=1S/C19H21N3O2/c1-14-18(13-22(21(14)2)16-7-5-4-6-8-16)20-19(23)15-9-11-17(24-3)12-10-15/h4-12,14H,13H2,1-3H3. The van der Waals surface area contributed by atoms with Gasteiger partial charge in [-0.1, -0.05) is 18.2 Å². The normalized spacial score (nSPS) is 19.7. The maximum atomic E-state index is 12.4. The summed E-state index contributed by atoms with van der Waals surface area (Å²) in [6, 6.07) is 17.2. The summed E-state index contributed by atoms with van der Waals surface area (Å²) < 4.78 is 5.12. The molecule has 1 aliphatic heterocycles. The molecule has 0 saturated carbocycles. The number of amides is 1. The zero-order valence-corrected chi connectivity index (χ0v) is 14.1. The van der Waals surface area contributed by atoms with Crippen molar-refractivity contribution in [1.29, 1.82) is 0 Å². The highest BCUT2D eigenvalue weighted by atomic mass is 16.5. The van der Waals surface area contributed by atoms with Crippen molar-refractivity contribution in [2.75, 3.05) is 25.7 Å². The Balaban J connectivity index is 1.80. The number of carbonyl (C=O) groups excluding carboxylic acids is 1. The molecule has 1 aliphatic rings. The van der Waals surface area contributed by atoms with Gasteiger partial charge in [0.25, 0.3) is 5.91 Å². The summed E-state index contributed by atoms with van der Waals surface area (Å²) in [7, 11) is 3.61. The Morgan fingerprint density at radius 2 is 1.79 bits per heavy atom. The summed E-state index contributed by atoms with van der Waals surface area (Å²) in [5.74, 6) is 0.506. The van der Waals surface area contributed by atoms with E-state index in [4.69, 9.17) is 4.74 Å². The first-order chi connectivity index (χ1) is 11.6. The lowest BCUT2D eigenvalue weighted by atomic mass is 10.2. The number of aliphatic imine (C=N–C) groups is 1. The lowest BCUT2D eigenvalue weighted by Gasteiger charge is -2.27. The number of benzene rings is 2. The first-order valence-electron chi connectivity index (χ1n) is 7.91. The highest BCUT2D eigenvalue weighted by Gasteiger charge is 2.31. The van der Waals surface area contributed by atoms with Crippen LogP contribution < -0.4 is 9.75 Å². The van der Waals surface area contributed by atoms with Crippen molar-refractivity contribution in [2.45, 2.75) is 13.0 Å². The van der Waals surface area contributed by atoms with Gasteiger partial charge in [-0.3, -0.25) is 9.80 Å². The van der Waals surface area contributed by atoms with E-state index >= 15 is 0 Å². The fourth-order valence-electron chi connectivity index (χ4n) is 2.75. The van der Waals surface area contributed by atoms with Gasteiger partial charge in [-0.2, -0.15) is 0 Å². The SMILES string of the molecule is COc1ccc(C(=O)N=C2CN(c3ccccc3)N(C)C2C)cc1. The molecule has 0 aliphatic carbocycles. The minimum Gasteiger partial charge on any atom is -0.497 e. The molecule has 5 nitrogen and oxygen atoms in total. The molecule has 0 radical (unpaired) electrons. The number of para-hydroxylation sites is 1. The molecule has 5 heteroatoms. The average molecular weight is 323 g/mol. The molecular formula is C19H21N3O2. The van der Waals surface area contributed by atoms with Gasteiger partial charge in [-0.25, -0.2) is 10.0 Å². The Labute approximate surface area is 142 Å². The zero-order valence-electron chi connectivity index (χ0n) is 14.1.